The number of nitrogens with one attached hydrogen (secondary N) is 1. The van der Waals surface area contributed by atoms with Crippen molar-refractivity contribution in [2.45, 2.75) is 25.4 Å². The zero-order valence-electron chi connectivity index (χ0n) is 14.6. The monoisotopic (exact) mass is 339 g/mol. The number of piperazine rings is 1. The molecule has 2 unspecified atom stereocenters. The zero-order valence-corrected chi connectivity index (χ0v) is 14.6. The van der Waals surface area contributed by atoms with Crippen LogP contribution in [0.5, 0.6) is 0 Å². The molecule has 1 aromatic heterocycles. The molecule has 2 aliphatic heterocycles. The Morgan fingerprint density at radius 2 is 1.92 bits per heavy atom. The summed E-state index contributed by atoms with van der Waals surface area (Å²) < 4.78 is 2.05. The fraction of sp³-hybridized carbons (Fsp3) is 0.474. The molecule has 0 saturated carbocycles. The number of carbonyl (C=O) groups excluding carboxylic acids is 1. The second-order valence-electron chi connectivity index (χ2n) is 6.95. The Labute approximate surface area is 148 Å². The van der Waals surface area contributed by atoms with Crippen LogP contribution in [0.1, 0.15) is 12.1 Å². The van der Waals surface area contributed by atoms with Crippen molar-refractivity contribution in [3.63, 3.8) is 0 Å². The summed E-state index contributed by atoms with van der Waals surface area (Å²) in [6.07, 6.45) is 1.97. The standard InChI is InChI=1S/C19H25N5O/c1-15-11-19(24(21-15)17-5-3-2-4-6-17)23-9-7-22(8-10-23)18-12-16(14-25)20-13-18/h2-6,11,14,16,18,20H,7-10,12-13H2,1H3. The number of rotatable bonds is 4. The minimum absolute atomic E-state index is 0.0326. The highest BCUT2D eigenvalue weighted by Gasteiger charge is 2.31. The molecule has 0 bridgehead atoms. The lowest BCUT2D eigenvalue weighted by Gasteiger charge is -2.38. The van der Waals surface area contributed by atoms with Crippen molar-refractivity contribution >= 4 is 12.1 Å². The summed E-state index contributed by atoms with van der Waals surface area (Å²) in [7, 11) is 0. The van der Waals surface area contributed by atoms with Gasteiger partial charge >= 0.3 is 0 Å². The maximum atomic E-state index is 10.9. The number of benzene rings is 1. The van der Waals surface area contributed by atoms with E-state index in [9.17, 15) is 4.79 Å². The number of anilines is 1. The van der Waals surface area contributed by atoms with E-state index in [4.69, 9.17) is 0 Å². The molecule has 0 spiro atoms. The summed E-state index contributed by atoms with van der Waals surface area (Å²) in [5, 5.41) is 7.98. The number of para-hydroxylation sites is 1. The van der Waals surface area contributed by atoms with Crippen LogP contribution in [-0.4, -0.2) is 65.8 Å². The molecule has 132 valence electrons. The first kappa shape index (κ1) is 16.3. The van der Waals surface area contributed by atoms with E-state index in [1.165, 1.54) is 5.82 Å². The molecule has 0 radical (unpaired) electrons. The summed E-state index contributed by atoms with van der Waals surface area (Å²) in [5.41, 5.74) is 2.14. The minimum atomic E-state index is 0.0326. The maximum absolute atomic E-state index is 10.9. The number of aldehydes is 1. The third-order valence-electron chi connectivity index (χ3n) is 5.27. The first-order valence-electron chi connectivity index (χ1n) is 9.04. The Morgan fingerprint density at radius 1 is 1.16 bits per heavy atom. The Kier molecular flexibility index (Phi) is 4.55. The molecule has 2 saturated heterocycles. The molecule has 0 aliphatic carbocycles. The van der Waals surface area contributed by atoms with Crippen molar-refractivity contribution < 1.29 is 4.79 Å². The second kappa shape index (κ2) is 6.98. The molecule has 2 aromatic rings. The van der Waals surface area contributed by atoms with Crippen molar-refractivity contribution in [2.24, 2.45) is 0 Å². The van der Waals surface area contributed by atoms with Crippen molar-refractivity contribution in [3.8, 4) is 5.69 Å². The molecule has 0 amide bonds. The predicted octanol–water partition coefficient (Wildman–Crippen LogP) is 1.23. The lowest BCUT2D eigenvalue weighted by atomic mass is 10.1. The third-order valence-corrected chi connectivity index (χ3v) is 5.27. The average Bonchev–Trinajstić information content (AvgIpc) is 3.29. The van der Waals surface area contributed by atoms with E-state index in [1.54, 1.807) is 0 Å². The molecule has 1 N–H and O–H groups in total. The fourth-order valence-electron chi connectivity index (χ4n) is 3.92. The molecule has 1 aromatic carbocycles. The van der Waals surface area contributed by atoms with Crippen LogP contribution in [0.2, 0.25) is 0 Å². The van der Waals surface area contributed by atoms with Gasteiger partial charge in [-0.25, -0.2) is 4.68 Å². The molecule has 25 heavy (non-hydrogen) atoms. The van der Waals surface area contributed by atoms with Gasteiger partial charge in [-0.05, 0) is 25.5 Å². The van der Waals surface area contributed by atoms with Crippen molar-refractivity contribution in [3.05, 3.63) is 42.1 Å². The highest BCUT2D eigenvalue weighted by atomic mass is 16.1. The lowest BCUT2D eigenvalue weighted by molar-refractivity contribution is -0.109. The molecule has 2 fully saturated rings. The van der Waals surface area contributed by atoms with Crippen LogP contribution in [-0.2, 0) is 4.79 Å². The fourth-order valence-corrected chi connectivity index (χ4v) is 3.92. The summed E-state index contributed by atoms with van der Waals surface area (Å²) in [5.74, 6) is 1.17. The highest BCUT2D eigenvalue weighted by Crippen LogP contribution is 2.23. The van der Waals surface area contributed by atoms with Crippen molar-refractivity contribution in [1.82, 2.24) is 20.0 Å². The van der Waals surface area contributed by atoms with Gasteiger partial charge in [-0.15, -0.1) is 0 Å². The number of hydrogen-bond donors (Lipinski definition) is 1. The molecular formula is C19H25N5O. The van der Waals surface area contributed by atoms with E-state index in [-0.39, 0.29) is 6.04 Å². The van der Waals surface area contributed by atoms with Crippen LogP contribution >= 0.6 is 0 Å². The average molecular weight is 339 g/mol. The summed E-state index contributed by atoms with van der Waals surface area (Å²) >= 11 is 0. The smallest absolute Gasteiger partial charge is 0.136 e. The van der Waals surface area contributed by atoms with Gasteiger partial charge in [0.25, 0.3) is 0 Å². The van der Waals surface area contributed by atoms with E-state index >= 15 is 0 Å². The zero-order chi connectivity index (χ0) is 17.2. The van der Waals surface area contributed by atoms with Crippen LogP contribution in [0.4, 0.5) is 5.82 Å². The highest BCUT2D eigenvalue weighted by molar-refractivity contribution is 5.58. The SMILES string of the molecule is Cc1cc(N2CCN(C3CNC(C=O)C3)CC2)n(-c2ccccc2)n1. The molecule has 4 rings (SSSR count). The number of aromatic nitrogens is 2. The van der Waals surface area contributed by atoms with Gasteiger partial charge in [0.1, 0.15) is 12.1 Å². The topological polar surface area (TPSA) is 53.4 Å². The van der Waals surface area contributed by atoms with Crippen LogP contribution in [0.15, 0.2) is 36.4 Å². The third kappa shape index (κ3) is 3.32. The molecule has 6 nitrogen and oxygen atoms in total. The minimum Gasteiger partial charge on any atom is -0.354 e. The summed E-state index contributed by atoms with van der Waals surface area (Å²) in [4.78, 5) is 15.9. The number of nitrogens with zero attached hydrogens (tertiary/aromatic N) is 4. The Hall–Kier alpha value is -2.18. The largest absolute Gasteiger partial charge is 0.354 e. The number of aryl methyl sites for hydroxylation is 1. The molecule has 6 heteroatoms. The Bertz CT molecular complexity index is 721. The van der Waals surface area contributed by atoms with Crippen LogP contribution < -0.4 is 10.2 Å². The van der Waals surface area contributed by atoms with Crippen LogP contribution in [0.25, 0.3) is 5.69 Å². The van der Waals surface area contributed by atoms with Gasteiger partial charge in [0.15, 0.2) is 0 Å². The van der Waals surface area contributed by atoms with Gasteiger partial charge < -0.3 is 15.0 Å². The first-order chi connectivity index (χ1) is 12.2. The van der Waals surface area contributed by atoms with E-state index in [2.05, 4.69) is 38.4 Å². The van der Waals surface area contributed by atoms with Gasteiger partial charge in [0.2, 0.25) is 0 Å². The van der Waals surface area contributed by atoms with Gasteiger partial charge in [0.05, 0.1) is 17.4 Å². The lowest BCUT2D eigenvalue weighted by Crippen LogP contribution is -2.51. The van der Waals surface area contributed by atoms with Crippen molar-refractivity contribution in [2.75, 3.05) is 37.6 Å². The van der Waals surface area contributed by atoms with E-state index in [1.807, 2.05) is 29.8 Å². The quantitative estimate of drug-likeness (QED) is 0.849. The molecular weight excluding hydrogens is 314 g/mol. The van der Waals surface area contributed by atoms with Gasteiger partial charge in [-0.1, -0.05) is 18.2 Å². The van der Waals surface area contributed by atoms with Crippen LogP contribution in [0.3, 0.4) is 0 Å². The predicted molar refractivity (Wildman–Crippen MR) is 98.3 cm³/mol. The van der Waals surface area contributed by atoms with Gasteiger partial charge in [0, 0.05) is 44.8 Å². The van der Waals surface area contributed by atoms with Crippen molar-refractivity contribution in [1.29, 1.82) is 0 Å². The first-order valence-corrected chi connectivity index (χ1v) is 9.04. The Morgan fingerprint density at radius 3 is 2.60 bits per heavy atom. The van der Waals surface area contributed by atoms with E-state index in [0.717, 1.165) is 56.8 Å². The second-order valence-corrected chi connectivity index (χ2v) is 6.95. The van der Waals surface area contributed by atoms with E-state index in [0.29, 0.717) is 6.04 Å². The van der Waals surface area contributed by atoms with Crippen LogP contribution in [0, 0.1) is 6.92 Å². The molecule has 2 atom stereocenters. The Balaban J connectivity index is 1.46. The number of hydrogen-bond acceptors (Lipinski definition) is 5. The molecule has 3 heterocycles. The summed E-state index contributed by atoms with van der Waals surface area (Å²) in [6.45, 7) is 6.99. The molecule has 2 aliphatic rings. The summed E-state index contributed by atoms with van der Waals surface area (Å²) in [6, 6.07) is 13.0. The number of carbonyl (C=O) groups is 1. The van der Waals surface area contributed by atoms with Gasteiger partial charge in [-0.3, -0.25) is 4.90 Å². The maximum Gasteiger partial charge on any atom is 0.136 e. The van der Waals surface area contributed by atoms with Gasteiger partial charge in [-0.2, -0.15) is 5.10 Å². The van der Waals surface area contributed by atoms with E-state index < -0.39 is 0 Å². The normalized spacial score (nSPS) is 24.6.